The average Bonchev–Trinajstić information content (AvgIpc) is 3.32. The molecule has 28 heavy (non-hydrogen) atoms. The number of amides is 1. The molecule has 2 heterocycles. The molecule has 4 nitrogen and oxygen atoms in total. The smallest absolute Gasteiger partial charge is 0.226 e. The van der Waals surface area contributed by atoms with E-state index in [0.29, 0.717) is 13.0 Å². The first-order valence-electron chi connectivity index (χ1n) is 9.51. The van der Waals surface area contributed by atoms with E-state index >= 15 is 0 Å². The van der Waals surface area contributed by atoms with Gasteiger partial charge in [0.15, 0.2) is 0 Å². The van der Waals surface area contributed by atoms with E-state index in [1.54, 1.807) is 11.3 Å². The number of hydrogen-bond acceptors (Lipinski definition) is 3. The Balaban J connectivity index is 1.26. The molecule has 1 amide bonds. The van der Waals surface area contributed by atoms with E-state index in [1.807, 2.05) is 11.4 Å². The predicted octanol–water partition coefficient (Wildman–Crippen LogP) is 4.82. The zero-order valence-electron chi connectivity index (χ0n) is 15.9. The molecule has 0 spiro atoms. The van der Waals surface area contributed by atoms with Crippen LogP contribution in [0.4, 0.5) is 0 Å². The molecule has 0 saturated heterocycles. The van der Waals surface area contributed by atoms with Crippen LogP contribution in [-0.2, 0) is 17.8 Å². The molecule has 5 heteroatoms. The van der Waals surface area contributed by atoms with Crippen molar-refractivity contribution >= 4 is 28.1 Å². The predicted molar refractivity (Wildman–Crippen MR) is 116 cm³/mol. The van der Waals surface area contributed by atoms with Crippen LogP contribution in [0.25, 0.3) is 21.5 Å². The van der Waals surface area contributed by atoms with E-state index in [1.165, 1.54) is 16.5 Å². The molecule has 0 aliphatic rings. The highest BCUT2D eigenvalue weighted by molar-refractivity contribution is 7.13. The molecule has 0 aliphatic carbocycles. The third-order valence-electron chi connectivity index (χ3n) is 4.74. The molecule has 2 aromatic heterocycles. The van der Waals surface area contributed by atoms with Crippen LogP contribution in [0.3, 0.4) is 0 Å². The number of aromatic nitrogens is 2. The van der Waals surface area contributed by atoms with Crippen molar-refractivity contribution in [2.75, 3.05) is 6.54 Å². The molecule has 0 atom stereocenters. The van der Waals surface area contributed by atoms with Crippen LogP contribution in [0.5, 0.6) is 0 Å². The first-order chi connectivity index (χ1) is 13.7. The summed E-state index contributed by atoms with van der Waals surface area (Å²) in [7, 11) is 0. The molecular weight excluding hydrogens is 366 g/mol. The summed E-state index contributed by atoms with van der Waals surface area (Å²) in [4.78, 5) is 16.9. The Labute approximate surface area is 168 Å². The lowest BCUT2D eigenvalue weighted by Gasteiger charge is -2.07. The quantitative estimate of drug-likeness (QED) is 0.461. The molecule has 0 fully saturated rings. The number of rotatable bonds is 7. The number of carbonyl (C=O) groups is 1. The number of nitrogens with one attached hydrogen (secondary N) is 1. The van der Waals surface area contributed by atoms with Gasteiger partial charge < -0.3 is 9.88 Å². The Kier molecular flexibility index (Phi) is 5.53. The van der Waals surface area contributed by atoms with Crippen molar-refractivity contribution in [1.29, 1.82) is 0 Å². The number of benzene rings is 2. The third kappa shape index (κ3) is 4.31. The number of para-hydroxylation sites is 1. The fraction of sp³-hybridized carbons (Fsp3) is 0.217. The monoisotopic (exact) mass is 389 g/mol. The summed E-state index contributed by atoms with van der Waals surface area (Å²) in [6.07, 6.45) is 3.33. The van der Waals surface area contributed by atoms with Crippen molar-refractivity contribution in [3.8, 4) is 10.6 Å². The summed E-state index contributed by atoms with van der Waals surface area (Å²) >= 11 is 1.59. The SMILES string of the molecule is Cc1cccc(-c2nc(CC(=O)NCCCn3ccc4ccccc43)cs2)c1. The highest BCUT2D eigenvalue weighted by atomic mass is 32.1. The van der Waals surface area contributed by atoms with Gasteiger partial charge in [-0.25, -0.2) is 4.98 Å². The zero-order chi connectivity index (χ0) is 19.3. The van der Waals surface area contributed by atoms with Crippen LogP contribution in [0.2, 0.25) is 0 Å². The molecule has 0 saturated carbocycles. The molecular formula is C23H23N3OS. The van der Waals surface area contributed by atoms with Gasteiger partial charge >= 0.3 is 0 Å². The number of thiazole rings is 1. The molecule has 4 aromatic rings. The van der Waals surface area contributed by atoms with Gasteiger partial charge in [-0.3, -0.25) is 4.79 Å². The third-order valence-corrected chi connectivity index (χ3v) is 5.68. The second-order valence-electron chi connectivity index (χ2n) is 6.96. The molecule has 1 N–H and O–H groups in total. The maximum Gasteiger partial charge on any atom is 0.226 e. The number of hydrogen-bond donors (Lipinski definition) is 1. The zero-order valence-corrected chi connectivity index (χ0v) is 16.7. The van der Waals surface area contributed by atoms with E-state index in [4.69, 9.17) is 0 Å². The van der Waals surface area contributed by atoms with Gasteiger partial charge in [-0.05, 0) is 36.9 Å². The van der Waals surface area contributed by atoms with Gasteiger partial charge in [0.1, 0.15) is 5.01 Å². The van der Waals surface area contributed by atoms with E-state index in [0.717, 1.165) is 29.2 Å². The molecule has 2 aromatic carbocycles. The molecule has 142 valence electrons. The number of carbonyl (C=O) groups excluding carboxylic acids is 1. The van der Waals surface area contributed by atoms with Crippen LogP contribution in [0, 0.1) is 6.92 Å². The van der Waals surface area contributed by atoms with Crippen molar-refractivity contribution in [1.82, 2.24) is 14.9 Å². The van der Waals surface area contributed by atoms with Gasteiger partial charge in [0.25, 0.3) is 0 Å². The normalized spacial score (nSPS) is 11.0. The van der Waals surface area contributed by atoms with Crippen molar-refractivity contribution in [2.24, 2.45) is 0 Å². The summed E-state index contributed by atoms with van der Waals surface area (Å²) in [5.41, 5.74) is 4.38. The number of nitrogens with zero attached hydrogens (tertiary/aromatic N) is 2. The fourth-order valence-electron chi connectivity index (χ4n) is 3.34. The molecule has 0 bridgehead atoms. The van der Waals surface area contributed by atoms with E-state index in [2.05, 4.69) is 76.5 Å². The standard InChI is InChI=1S/C23H23N3OS/c1-17-6-4-8-19(14-17)23-25-20(16-28-23)15-22(27)24-11-5-12-26-13-10-18-7-2-3-9-21(18)26/h2-4,6-10,13-14,16H,5,11-12,15H2,1H3,(H,24,27). The Morgan fingerprint density at radius 2 is 2.04 bits per heavy atom. The molecule has 0 aliphatic heterocycles. The van der Waals surface area contributed by atoms with E-state index in [9.17, 15) is 4.79 Å². The Morgan fingerprint density at radius 3 is 2.93 bits per heavy atom. The second-order valence-corrected chi connectivity index (χ2v) is 7.82. The van der Waals surface area contributed by atoms with Crippen molar-refractivity contribution in [3.05, 3.63) is 77.4 Å². The lowest BCUT2D eigenvalue weighted by Crippen LogP contribution is -2.26. The Bertz CT molecular complexity index is 1100. The minimum Gasteiger partial charge on any atom is -0.356 e. The average molecular weight is 390 g/mol. The van der Waals surface area contributed by atoms with Crippen molar-refractivity contribution in [2.45, 2.75) is 26.3 Å². The second kappa shape index (κ2) is 8.40. The van der Waals surface area contributed by atoms with E-state index < -0.39 is 0 Å². The first-order valence-corrected chi connectivity index (χ1v) is 10.4. The van der Waals surface area contributed by atoms with Gasteiger partial charge in [-0.2, -0.15) is 0 Å². The highest BCUT2D eigenvalue weighted by Crippen LogP contribution is 2.24. The van der Waals surface area contributed by atoms with Crippen LogP contribution in [0.15, 0.2) is 66.2 Å². The topological polar surface area (TPSA) is 46.9 Å². The summed E-state index contributed by atoms with van der Waals surface area (Å²) in [5.74, 6) is 0.0263. The van der Waals surface area contributed by atoms with Crippen molar-refractivity contribution in [3.63, 3.8) is 0 Å². The van der Waals surface area contributed by atoms with Crippen LogP contribution in [0.1, 0.15) is 17.7 Å². The Morgan fingerprint density at radius 1 is 1.14 bits per heavy atom. The largest absolute Gasteiger partial charge is 0.356 e. The highest BCUT2D eigenvalue weighted by Gasteiger charge is 2.09. The maximum absolute atomic E-state index is 12.2. The van der Waals surface area contributed by atoms with Gasteiger partial charge in [0, 0.05) is 35.7 Å². The maximum atomic E-state index is 12.2. The van der Waals surface area contributed by atoms with Gasteiger partial charge in [0.05, 0.1) is 12.1 Å². The minimum atomic E-state index is 0.0263. The Hall–Kier alpha value is -2.92. The van der Waals surface area contributed by atoms with Crippen molar-refractivity contribution < 1.29 is 4.79 Å². The van der Waals surface area contributed by atoms with Gasteiger partial charge in [-0.1, -0.05) is 42.0 Å². The fourth-order valence-corrected chi connectivity index (χ4v) is 4.16. The van der Waals surface area contributed by atoms with Crippen LogP contribution in [-0.4, -0.2) is 22.0 Å². The number of aryl methyl sites for hydroxylation is 2. The molecule has 0 radical (unpaired) electrons. The number of fused-ring (bicyclic) bond motifs is 1. The van der Waals surface area contributed by atoms with Crippen LogP contribution < -0.4 is 5.32 Å². The van der Waals surface area contributed by atoms with Gasteiger partial charge in [-0.15, -0.1) is 11.3 Å². The minimum absolute atomic E-state index is 0.0263. The summed E-state index contributed by atoms with van der Waals surface area (Å²) in [5, 5.41) is 7.20. The lowest BCUT2D eigenvalue weighted by atomic mass is 10.1. The van der Waals surface area contributed by atoms with E-state index in [-0.39, 0.29) is 5.91 Å². The lowest BCUT2D eigenvalue weighted by molar-refractivity contribution is -0.120. The summed E-state index contributed by atoms with van der Waals surface area (Å²) in [6, 6.07) is 18.8. The molecule has 4 rings (SSSR count). The molecule has 0 unspecified atom stereocenters. The van der Waals surface area contributed by atoms with Gasteiger partial charge in [0.2, 0.25) is 5.91 Å². The summed E-state index contributed by atoms with van der Waals surface area (Å²) < 4.78 is 2.23. The first kappa shape index (κ1) is 18.4. The summed E-state index contributed by atoms with van der Waals surface area (Å²) in [6.45, 7) is 3.63. The van der Waals surface area contributed by atoms with Crippen LogP contribution >= 0.6 is 11.3 Å².